The molecule has 0 aliphatic rings. The number of rotatable bonds is 4. The summed E-state index contributed by atoms with van der Waals surface area (Å²) in [7, 11) is 0. The number of nitrogens with zero attached hydrogens (tertiary/aromatic N) is 3. The van der Waals surface area contributed by atoms with Gasteiger partial charge in [-0.1, -0.05) is 47.5 Å². The molecule has 124 valence electrons. The normalized spacial score (nSPS) is 11.5. The Bertz CT molecular complexity index is 928. The summed E-state index contributed by atoms with van der Waals surface area (Å²) in [5.41, 5.74) is 5.56. The van der Waals surface area contributed by atoms with E-state index >= 15 is 0 Å². The first-order valence-corrected chi connectivity index (χ1v) is 8.37. The van der Waals surface area contributed by atoms with Gasteiger partial charge in [0.15, 0.2) is 0 Å². The van der Waals surface area contributed by atoms with Crippen LogP contribution in [0.3, 0.4) is 0 Å². The number of aryl methyl sites for hydroxylation is 2. The predicted molar refractivity (Wildman–Crippen MR) is 105 cm³/mol. The molecule has 3 rings (SSSR count). The first-order valence-electron chi connectivity index (χ1n) is 7.99. The van der Waals surface area contributed by atoms with Gasteiger partial charge in [-0.05, 0) is 61.4 Å². The van der Waals surface area contributed by atoms with E-state index in [1.54, 1.807) is 6.21 Å². The molecular weight excluding hydrogens is 330 g/mol. The number of hydrogen-bond acceptors (Lipinski definition) is 3. The molecule has 0 saturated carbocycles. The monoisotopic (exact) mass is 347 g/mol. The molecule has 0 aliphatic carbocycles. The number of halogens is 1. The zero-order valence-corrected chi connectivity index (χ0v) is 14.9. The number of hydrogen-bond donors (Lipinski definition) is 0. The molecule has 0 heterocycles. The van der Waals surface area contributed by atoms with E-state index in [9.17, 15) is 0 Å². The Morgan fingerprint density at radius 2 is 1.52 bits per heavy atom. The molecule has 0 radical (unpaired) electrons. The van der Waals surface area contributed by atoms with Crippen LogP contribution >= 0.6 is 11.6 Å². The van der Waals surface area contributed by atoms with Crippen molar-refractivity contribution in [3.63, 3.8) is 0 Å². The van der Waals surface area contributed by atoms with E-state index in [1.165, 1.54) is 5.56 Å². The maximum absolute atomic E-state index is 6.01. The standard InChI is InChI=1S/C21H18ClN3/c1-15-6-9-19(10-7-15)24-25-21-12-16(2)8-11-20(21)23-14-17-4-3-5-18(22)13-17/h3-14H,1-2H3. The maximum Gasteiger partial charge on any atom is 0.112 e. The molecule has 25 heavy (non-hydrogen) atoms. The fourth-order valence-corrected chi connectivity index (χ4v) is 2.48. The average Bonchev–Trinajstić information content (AvgIpc) is 2.60. The second-order valence-corrected chi connectivity index (χ2v) is 6.28. The molecule has 3 aromatic carbocycles. The first-order chi connectivity index (χ1) is 12.1. The second kappa shape index (κ2) is 7.86. The Kier molecular flexibility index (Phi) is 5.36. The van der Waals surface area contributed by atoms with E-state index in [0.717, 1.165) is 28.2 Å². The average molecular weight is 348 g/mol. The molecule has 0 unspecified atom stereocenters. The summed E-state index contributed by atoms with van der Waals surface area (Å²) in [6, 6.07) is 21.4. The maximum atomic E-state index is 6.01. The van der Waals surface area contributed by atoms with E-state index in [0.29, 0.717) is 5.02 Å². The highest BCUT2D eigenvalue weighted by atomic mass is 35.5. The minimum absolute atomic E-state index is 0.687. The molecule has 0 saturated heterocycles. The van der Waals surface area contributed by atoms with Crippen molar-refractivity contribution in [1.82, 2.24) is 0 Å². The van der Waals surface area contributed by atoms with Crippen LogP contribution < -0.4 is 0 Å². The van der Waals surface area contributed by atoms with Gasteiger partial charge < -0.3 is 0 Å². The molecular formula is C21H18ClN3. The van der Waals surface area contributed by atoms with Crippen molar-refractivity contribution in [2.75, 3.05) is 0 Å². The van der Waals surface area contributed by atoms with Crippen LogP contribution in [0.15, 0.2) is 82.0 Å². The van der Waals surface area contributed by atoms with Crippen LogP contribution in [-0.2, 0) is 0 Å². The summed E-state index contributed by atoms with van der Waals surface area (Å²) >= 11 is 6.01. The van der Waals surface area contributed by atoms with E-state index in [-0.39, 0.29) is 0 Å². The van der Waals surface area contributed by atoms with Gasteiger partial charge >= 0.3 is 0 Å². The lowest BCUT2D eigenvalue weighted by Crippen LogP contribution is -1.80. The third-order valence-corrected chi connectivity index (χ3v) is 3.87. The summed E-state index contributed by atoms with van der Waals surface area (Å²) in [4.78, 5) is 4.55. The van der Waals surface area contributed by atoms with Crippen LogP contribution in [0.4, 0.5) is 17.1 Å². The Labute approximate surface area is 152 Å². The Morgan fingerprint density at radius 1 is 0.760 bits per heavy atom. The van der Waals surface area contributed by atoms with E-state index in [2.05, 4.69) is 15.2 Å². The largest absolute Gasteiger partial charge is 0.254 e. The van der Waals surface area contributed by atoms with Crippen LogP contribution in [-0.4, -0.2) is 6.21 Å². The highest BCUT2D eigenvalue weighted by Crippen LogP contribution is 2.30. The summed E-state index contributed by atoms with van der Waals surface area (Å²) in [6.45, 7) is 4.07. The van der Waals surface area contributed by atoms with Gasteiger partial charge in [0.1, 0.15) is 5.69 Å². The van der Waals surface area contributed by atoms with Crippen LogP contribution in [0.2, 0.25) is 5.02 Å². The molecule has 0 bridgehead atoms. The van der Waals surface area contributed by atoms with Crippen molar-refractivity contribution in [2.24, 2.45) is 15.2 Å². The molecule has 0 aliphatic heterocycles. The van der Waals surface area contributed by atoms with E-state index < -0.39 is 0 Å². The highest BCUT2D eigenvalue weighted by Gasteiger charge is 2.01. The van der Waals surface area contributed by atoms with Gasteiger partial charge in [-0.15, -0.1) is 5.11 Å². The van der Waals surface area contributed by atoms with Crippen LogP contribution in [0.1, 0.15) is 16.7 Å². The summed E-state index contributed by atoms with van der Waals surface area (Å²) in [6.07, 6.45) is 1.78. The zero-order chi connectivity index (χ0) is 17.6. The van der Waals surface area contributed by atoms with Gasteiger partial charge in [0.25, 0.3) is 0 Å². The Hall–Kier alpha value is -2.78. The molecule has 3 nitrogen and oxygen atoms in total. The van der Waals surface area contributed by atoms with Crippen LogP contribution in [0.25, 0.3) is 0 Å². The smallest absolute Gasteiger partial charge is 0.112 e. The van der Waals surface area contributed by atoms with Crippen molar-refractivity contribution < 1.29 is 0 Å². The first kappa shape index (κ1) is 17.1. The Balaban J connectivity index is 1.88. The van der Waals surface area contributed by atoms with Crippen LogP contribution in [0, 0.1) is 13.8 Å². The molecule has 0 N–H and O–H groups in total. The van der Waals surface area contributed by atoms with Crippen molar-refractivity contribution in [2.45, 2.75) is 13.8 Å². The summed E-state index contributed by atoms with van der Waals surface area (Å²) < 4.78 is 0. The van der Waals surface area contributed by atoms with Gasteiger partial charge in [-0.3, -0.25) is 4.99 Å². The lowest BCUT2D eigenvalue weighted by Gasteiger charge is -2.02. The quantitative estimate of drug-likeness (QED) is 0.356. The second-order valence-electron chi connectivity index (χ2n) is 5.84. The van der Waals surface area contributed by atoms with Gasteiger partial charge in [0.05, 0.1) is 11.4 Å². The third kappa shape index (κ3) is 4.85. The van der Waals surface area contributed by atoms with Gasteiger partial charge in [0.2, 0.25) is 0 Å². The lowest BCUT2D eigenvalue weighted by atomic mass is 10.2. The van der Waals surface area contributed by atoms with Crippen molar-refractivity contribution >= 4 is 34.9 Å². The van der Waals surface area contributed by atoms with Gasteiger partial charge in [0, 0.05) is 11.2 Å². The van der Waals surface area contributed by atoms with Crippen molar-refractivity contribution in [3.8, 4) is 0 Å². The fourth-order valence-electron chi connectivity index (χ4n) is 2.28. The summed E-state index contributed by atoms with van der Waals surface area (Å²) in [5.74, 6) is 0. The molecule has 0 amide bonds. The fraction of sp³-hybridized carbons (Fsp3) is 0.0952. The van der Waals surface area contributed by atoms with Gasteiger partial charge in [-0.25, -0.2) is 0 Å². The minimum Gasteiger partial charge on any atom is -0.254 e. The summed E-state index contributed by atoms with van der Waals surface area (Å²) in [5, 5.41) is 9.39. The number of aliphatic imine (C=N–C) groups is 1. The predicted octanol–water partition coefficient (Wildman–Crippen LogP) is 7.12. The molecule has 0 atom stereocenters. The minimum atomic E-state index is 0.687. The van der Waals surface area contributed by atoms with E-state index in [4.69, 9.17) is 11.6 Å². The number of azo groups is 1. The highest BCUT2D eigenvalue weighted by molar-refractivity contribution is 6.30. The molecule has 0 aromatic heterocycles. The number of benzene rings is 3. The van der Waals surface area contributed by atoms with Gasteiger partial charge in [-0.2, -0.15) is 5.11 Å². The lowest BCUT2D eigenvalue weighted by molar-refractivity contribution is 1.21. The molecule has 0 spiro atoms. The molecule has 3 aromatic rings. The zero-order valence-electron chi connectivity index (χ0n) is 14.1. The topological polar surface area (TPSA) is 37.1 Å². The third-order valence-electron chi connectivity index (χ3n) is 3.64. The molecule has 0 fully saturated rings. The van der Waals surface area contributed by atoms with E-state index in [1.807, 2.05) is 80.6 Å². The molecule has 4 heteroatoms. The SMILES string of the molecule is Cc1ccc(N=Nc2cc(C)ccc2N=Cc2cccc(Cl)c2)cc1. The Morgan fingerprint density at radius 3 is 2.28 bits per heavy atom. The van der Waals surface area contributed by atoms with Crippen molar-refractivity contribution in [3.05, 3.63) is 88.4 Å². The van der Waals surface area contributed by atoms with Crippen molar-refractivity contribution in [1.29, 1.82) is 0 Å². The van der Waals surface area contributed by atoms with Crippen LogP contribution in [0.5, 0.6) is 0 Å².